The molecule has 17 heavy (non-hydrogen) atoms. The van der Waals surface area contributed by atoms with Crippen molar-refractivity contribution in [3.8, 4) is 0 Å². The number of carbonyl (C=O) groups excluding carboxylic acids is 2. The second-order valence-corrected chi connectivity index (χ2v) is 4.42. The number of amides is 2. The minimum Gasteiger partial charge on any atom is -0.368 e. The molecule has 4 nitrogen and oxygen atoms in total. The maximum absolute atomic E-state index is 12.2. The average Bonchev–Trinajstić information content (AvgIpc) is 2.58. The lowest BCUT2D eigenvalue weighted by Gasteiger charge is -2.23. The van der Waals surface area contributed by atoms with Crippen LogP contribution >= 0.6 is 0 Å². The summed E-state index contributed by atoms with van der Waals surface area (Å²) in [6.45, 7) is 4.29. The van der Waals surface area contributed by atoms with Crippen molar-refractivity contribution in [2.45, 2.75) is 32.9 Å². The zero-order valence-corrected chi connectivity index (χ0v) is 10.1. The lowest BCUT2D eigenvalue weighted by atomic mass is 10.1. The van der Waals surface area contributed by atoms with Gasteiger partial charge in [0.05, 0.1) is 0 Å². The largest absolute Gasteiger partial charge is 0.368 e. The number of hydrogen-bond donors (Lipinski definition) is 1. The van der Waals surface area contributed by atoms with Gasteiger partial charge in [0.1, 0.15) is 6.04 Å². The van der Waals surface area contributed by atoms with E-state index in [1.807, 2.05) is 32.0 Å². The molecule has 0 bridgehead atoms. The zero-order chi connectivity index (χ0) is 12.6. The van der Waals surface area contributed by atoms with E-state index in [1.165, 1.54) is 0 Å². The standard InChI is InChI=1S/C13H16N2O2/c1-3-11(12(14)16)15-7-9-5-4-8(2)6-10(9)13(15)17/h4-6,11H,3,7H2,1-2H3,(H2,14,16). The number of nitrogens with zero attached hydrogens (tertiary/aromatic N) is 1. The molecule has 90 valence electrons. The molecule has 1 aromatic carbocycles. The Balaban J connectivity index is 2.34. The first-order valence-electron chi connectivity index (χ1n) is 5.74. The van der Waals surface area contributed by atoms with E-state index in [0.717, 1.165) is 11.1 Å². The average molecular weight is 232 g/mol. The molecule has 0 spiro atoms. The van der Waals surface area contributed by atoms with Gasteiger partial charge in [-0.05, 0) is 25.0 Å². The molecule has 0 fully saturated rings. The summed E-state index contributed by atoms with van der Waals surface area (Å²) in [5.74, 6) is -0.528. The Bertz CT molecular complexity index is 482. The summed E-state index contributed by atoms with van der Waals surface area (Å²) in [4.78, 5) is 25.0. The summed E-state index contributed by atoms with van der Waals surface area (Å²) in [6.07, 6.45) is 0.550. The minimum absolute atomic E-state index is 0.0886. The smallest absolute Gasteiger partial charge is 0.255 e. The van der Waals surface area contributed by atoms with Gasteiger partial charge in [-0.2, -0.15) is 0 Å². The first-order chi connectivity index (χ1) is 8.04. The zero-order valence-electron chi connectivity index (χ0n) is 10.1. The summed E-state index contributed by atoms with van der Waals surface area (Å²) in [7, 11) is 0. The molecular weight excluding hydrogens is 216 g/mol. The molecule has 0 saturated carbocycles. The van der Waals surface area contributed by atoms with Crippen LogP contribution in [0.15, 0.2) is 18.2 Å². The van der Waals surface area contributed by atoms with E-state index in [-0.39, 0.29) is 5.91 Å². The first kappa shape index (κ1) is 11.6. The van der Waals surface area contributed by atoms with Crippen molar-refractivity contribution in [3.63, 3.8) is 0 Å². The molecule has 2 amide bonds. The summed E-state index contributed by atoms with van der Waals surface area (Å²) < 4.78 is 0. The van der Waals surface area contributed by atoms with Crippen LogP contribution in [-0.2, 0) is 11.3 Å². The number of rotatable bonds is 3. The number of benzene rings is 1. The minimum atomic E-state index is -0.504. The molecule has 1 atom stereocenters. The second-order valence-electron chi connectivity index (χ2n) is 4.42. The topological polar surface area (TPSA) is 63.4 Å². The SMILES string of the molecule is CCC(C(N)=O)N1Cc2ccc(C)cc2C1=O. The van der Waals surface area contributed by atoms with Gasteiger partial charge in [0, 0.05) is 12.1 Å². The molecule has 1 aromatic rings. The van der Waals surface area contributed by atoms with Gasteiger partial charge in [0.15, 0.2) is 0 Å². The van der Waals surface area contributed by atoms with Gasteiger partial charge in [-0.1, -0.05) is 24.6 Å². The molecule has 2 rings (SSSR count). The molecule has 4 heteroatoms. The first-order valence-corrected chi connectivity index (χ1v) is 5.74. The van der Waals surface area contributed by atoms with E-state index in [9.17, 15) is 9.59 Å². The van der Waals surface area contributed by atoms with Crippen LogP contribution in [0, 0.1) is 6.92 Å². The van der Waals surface area contributed by atoms with E-state index in [4.69, 9.17) is 5.73 Å². The number of hydrogen-bond acceptors (Lipinski definition) is 2. The monoisotopic (exact) mass is 232 g/mol. The third-order valence-electron chi connectivity index (χ3n) is 3.19. The summed E-state index contributed by atoms with van der Waals surface area (Å²) in [5, 5.41) is 0. The fraction of sp³-hybridized carbons (Fsp3) is 0.385. The Labute approximate surface area is 100 Å². The van der Waals surface area contributed by atoms with Gasteiger partial charge in [-0.15, -0.1) is 0 Å². The Morgan fingerprint density at radius 1 is 1.53 bits per heavy atom. The number of aryl methyl sites for hydroxylation is 1. The Kier molecular flexibility index (Phi) is 2.88. The van der Waals surface area contributed by atoms with Crippen molar-refractivity contribution in [1.29, 1.82) is 0 Å². The summed E-state index contributed by atoms with van der Waals surface area (Å²) >= 11 is 0. The molecule has 0 saturated heterocycles. The molecule has 1 aliphatic heterocycles. The van der Waals surface area contributed by atoms with Crippen LogP contribution in [0.25, 0.3) is 0 Å². The Hall–Kier alpha value is -1.84. The highest BCUT2D eigenvalue weighted by molar-refractivity contribution is 6.01. The van der Waals surface area contributed by atoms with Gasteiger partial charge in [-0.25, -0.2) is 0 Å². The van der Waals surface area contributed by atoms with Crippen LogP contribution in [-0.4, -0.2) is 22.8 Å². The van der Waals surface area contributed by atoms with Crippen molar-refractivity contribution >= 4 is 11.8 Å². The molecular formula is C13H16N2O2. The van der Waals surface area contributed by atoms with E-state index < -0.39 is 11.9 Å². The normalized spacial score (nSPS) is 15.9. The van der Waals surface area contributed by atoms with Crippen molar-refractivity contribution < 1.29 is 9.59 Å². The van der Waals surface area contributed by atoms with Crippen molar-refractivity contribution in [2.24, 2.45) is 5.73 Å². The Morgan fingerprint density at radius 2 is 2.24 bits per heavy atom. The van der Waals surface area contributed by atoms with Gasteiger partial charge in [-0.3, -0.25) is 9.59 Å². The van der Waals surface area contributed by atoms with Crippen LogP contribution in [0.3, 0.4) is 0 Å². The predicted octanol–water partition coefficient (Wildman–Crippen LogP) is 1.21. The molecule has 0 radical (unpaired) electrons. The van der Waals surface area contributed by atoms with Crippen LogP contribution in [0.5, 0.6) is 0 Å². The van der Waals surface area contributed by atoms with Gasteiger partial charge >= 0.3 is 0 Å². The van der Waals surface area contributed by atoms with Crippen LogP contribution in [0.2, 0.25) is 0 Å². The van der Waals surface area contributed by atoms with E-state index in [0.29, 0.717) is 18.5 Å². The number of primary amides is 1. The van der Waals surface area contributed by atoms with E-state index in [2.05, 4.69) is 0 Å². The lowest BCUT2D eigenvalue weighted by molar-refractivity contribution is -0.122. The third-order valence-corrected chi connectivity index (χ3v) is 3.19. The maximum atomic E-state index is 12.2. The summed E-state index contributed by atoms with van der Waals surface area (Å²) in [5.41, 5.74) is 8.04. The maximum Gasteiger partial charge on any atom is 0.255 e. The van der Waals surface area contributed by atoms with Crippen LogP contribution in [0.1, 0.15) is 34.8 Å². The van der Waals surface area contributed by atoms with Gasteiger partial charge < -0.3 is 10.6 Å². The quantitative estimate of drug-likeness (QED) is 0.851. The van der Waals surface area contributed by atoms with Crippen LogP contribution < -0.4 is 5.73 Å². The molecule has 2 N–H and O–H groups in total. The highest BCUT2D eigenvalue weighted by Crippen LogP contribution is 2.26. The van der Waals surface area contributed by atoms with E-state index in [1.54, 1.807) is 4.90 Å². The molecule has 1 aliphatic rings. The van der Waals surface area contributed by atoms with Gasteiger partial charge in [0.2, 0.25) is 5.91 Å². The predicted molar refractivity (Wildman–Crippen MR) is 64.3 cm³/mol. The van der Waals surface area contributed by atoms with Crippen LogP contribution in [0.4, 0.5) is 0 Å². The number of nitrogens with two attached hydrogens (primary N) is 1. The highest BCUT2D eigenvalue weighted by atomic mass is 16.2. The van der Waals surface area contributed by atoms with Crippen molar-refractivity contribution in [1.82, 2.24) is 4.90 Å². The molecule has 1 unspecified atom stereocenters. The number of carbonyl (C=O) groups is 2. The molecule has 0 aliphatic carbocycles. The third kappa shape index (κ3) is 1.90. The van der Waals surface area contributed by atoms with Crippen molar-refractivity contribution in [3.05, 3.63) is 34.9 Å². The Morgan fingerprint density at radius 3 is 2.82 bits per heavy atom. The van der Waals surface area contributed by atoms with Crippen molar-refractivity contribution in [2.75, 3.05) is 0 Å². The fourth-order valence-corrected chi connectivity index (χ4v) is 2.26. The van der Waals surface area contributed by atoms with E-state index >= 15 is 0 Å². The molecule has 1 heterocycles. The number of fused-ring (bicyclic) bond motifs is 1. The summed E-state index contributed by atoms with van der Waals surface area (Å²) in [6, 6.07) is 5.28. The highest BCUT2D eigenvalue weighted by Gasteiger charge is 2.34. The second kappa shape index (κ2) is 4.20. The lowest BCUT2D eigenvalue weighted by Crippen LogP contribution is -2.44. The van der Waals surface area contributed by atoms with Gasteiger partial charge in [0.25, 0.3) is 5.91 Å². The fourth-order valence-electron chi connectivity index (χ4n) is 2.26. The molecule has 0 aromatic heterocycles.